The lowest BCUT2D eigenvalue weighted by Crippen LogP contribution is -2.64. The van der Waals surface area contributed by atoms with E-state index in [1.165, 1.54) is 116 Å². The van der Waals surface area contributed by atoms with Crippen LogP contribution in [-0.4, -0.2) is 17.2 Å². The number of rotatable bonds is 2. The average Bonchev–Trinajstić information content (AvgIpc) is 3.69. The first-order valence-electron chi connectivity index (χ1n) is 23.1. The minimum Gasteiger partial charge on any atom is -0.335 e. The van der Waals surface area contributed by atoms with Crippen LogP contribution >= 0.6 is 11.3 Å². The molecule has 0 amide bonds. The molecule has 5 aliphatic rings. The van der Waals surface area contributed by atoms with Crippen LogP contribution in [0.5, 0.6) is 0 Å². The summed E-state index contributed by atoms with van der Waals surface area (Å²) in [6, 6.07) is 27.0. The van der Waals surface area contributed by atoms with E-state index in [4.69, 9.17) is 4.98 Å². The van der Waals surface area contributed by atoms with Gasteiger partial charge < -0.3 is 9.80 Å². The third-order valence-corrected chi connectivity index (χ3v) is 17.5. The third kappa shape index (κ3) is 5.48. The summed E-state index contributed by atoms with van der Waals surface area (Å²) in [6.07, 6.45) is 7.36. The van der Waals surface area contributed by atoms with Crippen LogP contribution < -0.4 is 26.3 Å². The zero-order valence-corrected chi connectivity index (χ0v) is 40.2. The molecule has 2 unspecified atom stereocenters. The fourth-order valence-electron chi connectivity index (χ4n) is 12.3. The van der Waals surface area contributed by atoms with Crippen LogP contribution in [0.1, 0.15) is 176 Å². The predicted octanol–water partition coefficient (Wildman–Crippen LogP) is 13.4. The first kappa shape index (κ1) is 40.3. The molecule has 4 heterocycles. The number of anilines is 5. The van der Waals surface area contributed by atoms with Gasteiger partial charge in [0.1, 0.15) is 10.0 Å². The molecule has 5 aromatic rings. The number of hydrogen-bond donors (Lipinski definition) is 0. The smallest absolute Gasteiger partial charge is 0.276 e. The molecule has 0 bridgehead atoms. The molecule has 1 aromatic heterocycles. The van der Waals surface area contributed by atoms with Crippen molar-refractivity contribution in [2.24, 2.45) is 0 Å². The largest absolute Gasteiger partial charge is 0.335 e. The molecule has 2 atom stereocenters. The van der Waals surface area contributed by atoms with E-state index in [1.807, 2.05) is 11.3 Å². The second kappa shape index (κ2) is 12.4. The number of aromatic nitrogens is 1. The van der Waals surface area contributed by atoms with Crippen LogP contribution in [0.2, 0.25) is 0 Å². The highest BCUT2D eigenvalue weighted by Gasteiger charge is 2.63. The summed E-state index contributed by atoms with van der Waals surface area (Å²) in [7, 11) is 0. The fraction of sp³-hybridized carbons (Fsp3) is 0.509. The zero-order valence-electron chi connectivity index (χ0n) is 39.4. The van der Waals surface area contributed by atoms with Crippen LogP contribution in [-0.2, 0) is 32.5 Å². The second-order valence-electron chi connectivity index (χ2n) is 24.3. The minimum atomic E-state index is -0.0481. The maximum Gasteiger partial charge on any atom is 0.276 e. The van der Waals surface area contributed by atoms with Crippen molar-refractivity contribution in [2.75, 3.05) is 9.80 Å². The van der Waals surface area contributed by atoms with E-state index in [-0.39, 0.29) is 44.7 Å². The summed E-state index contributed by atoms with van der Waals surface area (Å²) >= 11 is 1.89. The number of benzene rings is 4. The van der Waals surface area contributed by atoms with Gasteiger partial charge in [-0.2, -0.15) is 0 Å². The lowest BCUT2D eigenvalue weighted by Gasteiger charge is -2.53. The Morgan fingerprint density at radius 1 is 0.633 bits per heavy atom. The Morgan fingerprint density at radius 3 is 1.92 bits per heavy atom. The average molecular weight is 814 g/mol. The Bertz CT molecular complexity index is 2610. The van der Waals surface area contributed by atoms with Crippen LogP contribution in [0, 0.1) is 0 Å². The van der Waals surface area contributed by atoms with Crippen molar-refractivity contribution >= 4 is 62.3 Å². The molecule has 0 saturated heterocycles. The van der Waals surface area contributed by atoms with Crippen molar-refractivity contribution in [3.8, 4) is 10.6 Å². The quantitative estimate of drug-likeness (QED) is 0.162. The number of fused-ring (bicyclic) bond motifs is 8. The molecular formula is C55H68BN3S. The van der Waals surface area contributed by atoms with Gasteiger partial charge in [-0.1, -0.05) is 164 Å². The van der Waals surface area contributed by atoms with Gasteiger partial charge in [0, 0.05) is 33.7 Å². The highest BCUT2D eigenvalue weighted by molar-refractivity contribution is 7.22. The van der Waals surface area contributed by atoms with Crippen LogP contribution in [0.3, 0.4) is 0 Å². The summed E-state index contributed by atoms with van der Waals surface area (Å²) in [5, 5.41) is 2.37. The standard InChI is InChI=1S/C55H68BN3S/c1-49(2,3)34-20-18-33(19-21-34)47-57-46-48(60-47)58(36-22-23-37-39(32-36)53(12,13)29-28-52(37,10)11)41-30-35(50(4,5)6)31-42-44(41)56(46)40-25-24-38(51(7,8)9)43-45(40)59(42)55(15)27-17-16-26-54(43,55)14/h18-25,30-32H,16-17,26-29H2,1-15H3. The van der Waals surface area contributed by atoms with Crippen molar-refractivity contribution in [2.45, 2.75) is 180 Å². The lowest BCUT2D eigenvalue weighted by atomic mass is 9.35. The van der Waals surface area contributed by atoms with E-state index in [9.17, 15) is 0 Å². The number of hydrogen-bond acceptors (Lipinski definition) is 4. The topological polar surface area (TPSA) is 19.4 Å². The number of thiazole rings is 1. The van der Waals surface area contributed by atoms with Crippen molar-refractivity contribution in [1.82, 2.24) is 4.98 Å². The summed E-state index contributed by atoms with van der Waals surface area (Å²) in [5.41, 5.74) is 20.0. The molecule has 2 aliphatic carbocycles. The van der Waals surface area contributed by atoms with E-state index >= 15 is 0 Å². The molecule has 1 fully saturated rings. The minimum absolute atomic E-state index is 0.0246. The first-order chi connectivity index (χ1) is 27.9. The van der Waals surface area contributed by atoms with Gasteiger partial charge in [-0.05, 0) is 128 Å². The van der Waals surface area contributed by atoms with Crippen molar-refractivity contribution in [1.29, 1.82) is 0 Å². The molecule has 0 radical (unpaired) electrons. The van der Waals surface area contributed by atoms with Gasteiger partial charge in [0.15, 0.2) is 0 Å². The lowest BCUT2D eigenvalue weighted by molar-refractivity contribution is 0.193. The van der Waals surface area contributed by atoms with Gasteiger partial charge in [0.25, 0.3) is 6.71 Å². The Hall–Kier alpha value is -3.83. The molecule has 5 heteroatoms. The van der Waals surface area contributed by atoms with E-state index in [1.54, 1.807) is 5.56 Å². The molecule has 3 aliphatic heterocycles. The summed E-state index contributed by atoms with van der Waals surface area (Å²) in [6.45, 7) is 36.5. The Labute approximate surface area is 366 Å². The van der Waals surface area contributed by atoms with Gasteiger partial charge >= 0.3 is 0 Å². The zero-order chi connectivity index (χ0) is 42.9. The third-order valence-electron chi connectivity index (χ3n) is 16.4. The monoisotopic (exact) mass is 814 g/mol. The van der Waals surface area contributed by atoms with Crippen LogP contribution in [0.4, 0.5) is 27.8 Å². The summed E-state index contributed by atoms with van der Waals surface area (Å²) in [5.74, 6) is 0. The van der Waals surface area contributed by atoms with E-state index in [2.05, 4.69) is 180 Å². The summed E-state index contributed by atoms with van der Waals surface area (Å²) in [4.78, 5) is 11.4. The van der Waals surface area contributed by atoms with Gasteiger partial charge in [-0.3, -0.25) is 0 Å². The normalized spacial score (nSPS) is 23.5. The molecule has 1 saturated carbocycles. The number of nitrogens with zero attached hydrogens (tertiary/aromatic N) is 3. The fourth-order valence-corrected chi connectivity index (χ4v) is 13.4. The van der Waals surface area contributed by atoms with Gasteiger partial charge in [-0.15, -0.1) is 0 Å². The summed E-state index contributed by atoms with van der Waals surface area (Å²) < 4.78 is 0. The van der Waals surface area contributed by atoms with E-state index in [0.29, 0.717) is 0 Å². The molecule has 0 spiro atoms. The van der Waals surface area contributed by atoms with E-state index < -0.39 is 0 Å². The Morgan fingerprint density at radius 2 is 1.27 bits per heavy atom. The first-order valence-corrected chi connectivity index (χ1v) is 23.9. The molecule has 312 valence electrons. The van der Waals surface area contributed by atoms with Crippen molar-refractivity contribution in [3.05, 3.63) is 100 Å². The Kier molecular flexibility index (Phi) is 8.34. The van der Waals surface area contributed by atoms with Gasteiger partial charge in [0.2, 0.25) is 0 Å². The molecule has 0 N–H and O–H groups in total. The molecule has 10 rings (SSSR count). The molecule has 60 heavy (non-hydrogen) atoms. The predicted molar refractivity (Wildman–Crippen MR) is 261 cm³/mol. The highest BCUT2D eigenvalue weighted by Crippen LogP contribution is 2.64. The maximum absolute atomic E-state index is 5.85. The van der Waals surface area contributed by atoms with Crippen LogP contribution in [0.25, 0.3) is 10.6 Å². The Balaban J connectivity index is 1.32. The maximum atomic E-state index is 5.85. The van der Waals surface area contributed by atoms with Crippen LogP contribution in [0.15, 0.2) is 66.7 Å². The van der Waals surface area contributed by atoms with Crippen molar-refractivity contribution in [3.63, 3.8) is 0 Å². The SMILES string of the molecule is CC(C)(C)c1ccc(-c2nc3c(s2)N(c2ccc4c(c2)C(C)(C)CCC4(C)C)c2cc(C(C)(C)C)cc4c2B3c2ccc(C(C)(C)C)c3c2N4C2(C)CCCCC32C)cc1. The van der Waals surface area contributed by atoms with Crippen molar-refractivity contribution < 1.29 is 0 Å². The second-order valence-corrected chi connectivity index (χ2v) is 25.3. The highest BCUT2D eigenvalue weighted by atomic mass is 32.1. The molecule has 4 aromatic carbocycles. The van der Waals surface area contributed by atoms with E-state index in [0.717, 1.165) is 5.01 Å². The van der Waals surface area contributed by atoms with Gasteiger partial charge in [0.05, 0.1) is 11.1 Å². The molecule has 3 nitrogen and oxygen atoms in total. The molecular weight excluding hydrogens is 746 g/mol. The van der Waals surface area contributed by atoms with Gasteiger partial charge in [-0.25, -0.2) is 4.98 Å².